The molecule has 0 aliphatic rings. The molecular weight excluding hydrogens is 400 g/mol. The van der Waals surface area contributed by atoms with Crippen molar-refractivity contribution in [1.82, 2.24) is 20.4 Å². The van der Waals surface area contributed by atoms with E-state index in [9.17, 15) is 4.79 Å². The first-order valence-corrected chi connectivity index (χ1v) is 10.3. The van der Waals surface area contributed by atoms with Crippen LogP contribution in [0, 0.1) is 6.92 Å². The van der Waals surface area contributed by atoms with Gasteiger partial charge in [0.2, 0.25) is 0 Å². The number of rotatable bonds is 5. The van der Waals surface area contributed by atoms with Crippen LogP contribution >= 0.6 is 0 Å². The van der Waals surface area contributed by atoms with Crippen molar-refractivity contribution in [3.8, 4) is 11.3 Å². The van der Waals surface area contributed by atoms with Crippen molar-refractivity contribution >= 4 is 17.0 Å². The van der Waals surface area contributed by atoms with Crippen LogP contribution in [0.2, 0.25) is 0 Å². The lowest BCUT2D eigenvalue weighted by atomic mass is 10.0. The van der Waals surface area contributed by atoms with Crippen LogP contribution in [-0.4, -0.2) is 21.0 Å². The fraction of sp³-hybridized carbons (Fsp3) is 0.0769. The zero-order chi connectivity index (χ0) is 21.9. The van der Waals surface area contributed by atoms with Gasteiger partial charge in [-0.3, -0.25) is 9.78 Å². The Bertz CT molecular complexity index is 1330. The number of aryl methyl sites for hydroxylation is 1. The third-order valence-electron chi connectivity index (χ3n) is 5.32. The van der Waals surface area contributed by atoms with Gasteiger partial charge in [-0.25, -0.2) is 4.98 Å². The molecule has 2 aromatic carbocycles. The minimum absolute atomic E-state index is 0.250. The number of hydrogen-bond acceptors (Lipinski definition) is 5. The zero-order valence-electron chi connectivity index (χ0n) is 17.4. The second kappa shape index (κ2) is 8.43. The Morgan fingerprint density at radius 2 is 1.66 bits per heavy atom. The fourth-order valence-electron chi connectivity index (χ4n) is 3.76. The number of pyridine rings is 2. The van der Waals surface area contributed by atoms with Gasteiger partial charge < -0.3 is 9.84 Å². The van der Waals surface area contributed by atoms with Gasteiger partial charge in [-0.1, -0.05) is 71.9 Å². The maximum absolute atomic E-state index is 13.6. The van der Waals surface area contributed by atoms with Crippen molar-refractivity contribution in [1.29, 1.82) is 0 Å². The lowest BCUT2D eigenvalue weighted by molar-refractivity contribution is 0.0944. The molecular formula is C26H20N4O2. The molecule has 0 aliphatic carbocycles. The minimum Gasteiger partial charge on any atom is -0.340 e. The SMILES string of the molecule is Cc1noc2nc(-c3ccccc3)cc(C(=O)NC(c3ccccc3)c3ccccn3)c12. The van der Waals surface area contributed by atoms with Crippen LogP contribution < -0.4 is 5.32 Å². The summed E-state index contributed by atoms with van der Waals surface area (Å²) in [6.07, 6.45) is 1.72. The Morgan fingerprint density at radius 3 is 2.38 bits per heavy atom. The highest BCUT2D eigenvalue weighted by Crippen LogP contribution is 2.28. The minimum atomic E-state index is -0.409. The van der Waals surface area contributed by atoms with Gasteiger partial charge in [-0.2, -0.15) is 0 Å². The summed E-state index contributed by atoms with van der Waals surface area (Å²) in [4.78, 5) is 22.7. The normalized spacial score (nSPS) is 11.9. The highest BCUT2D eigenvalue weighted by molar-refractivity contribution is 6.07. The first-order valence-electron chi connectivity index (χ1n) is 10.3. The Labute approximate surface area is 184 Å². The molecule has 1 atom stereocenters. The van der Waals surface area contributed by atoms with Crippen molar-refractivity contribution in [2.75, 3.05) is 0 Å². The average Bonchev–Trinajstić information content (AvgIpc) is 3.24. The van der Waals surface area contributed by atoms with Crippen molar-refractivity contribution < 1.29 is 9.32 Å². The maximum atomic E-state index is 13.6. The number of benzene rings is 2. The van der Waals surface area contributed by atoms with Crippen LogP contribution in [0.25, 0.3) is 22.4 Å². The third-order valence-corrected chi connectivity index (χ3v) is 5.32. The topological polar surface area (TPSA) is 80.9 Å². The van der Waals surface area contributed by atoms with E-state index in [1.54, 1.807) is 19.2 Å². The van der Waals surface area contributed by atoms with E-state index in [0.717, 1.165) is 16.8 Å². The molecule has 0 fully saturated rings. The summed E-state index contributed by atoms with van der Waals surface area (Å²) in [5, 5.41) is 7.80. The van der Waals surface area contributed by atoms with Crippen molar-refractivity contribution in [2.24, 2.45) is 0 Å². The Kier molecular flexibility index (Phi) is 5.17. The zero-order valence-corrected chi connectivity index (χ0v) is 17.4. The molecule has 0 saturated carbocycles. The van der Waals surface area contributed by atoms with E-state index in [4.69, 9.17) is 4.52 Å². The summed E-state index contributed by atoms with van der Waals surface area (Å²) in [6, 6.07) is 26.5. The van der Waals surface area contributed by atoms with Crippen molar-refractivity contribution in [3.05, 3.63) is 114 Å². The largest absolute Gasteiger partial charge is 0.340 e. The molecule has 0 saturated heterocycles. The van der Waals surface area contributed by atoms with Crippen LogP contribution in [0.3, 0.4) is 0 Å². The number of fused-ring (bicyclic) bond motifs is 1. The molecule has 5 aromatic rings. The summed E-state index contributed by atoms with van der Waals surface area (Å²) in [5.74, 6) is -0.250. The number of carbonyl (C=O) groups excluding carboxylic acids is 1. The first-order chi connectivity index (χ1) is 15.7. The number of carbonyl (C=O) groups is 1. The molecule has 1 amide bonds. The quantitative estimate of drug-likeness (QED) is 0.427. The standard InChI is InChI=1S/C26H20N4O2/c1-17-23-20(16-22(28-26(23)32-30-17)18-10-4-2-5-11-18)25(31)29-24(19-12-6-3-7-13-19)21-14-8-9-15-27-21/h2-16,24H,1H3,(H,29,31). The Morgan fingerprint density at radius 1 is 0.938 bits per heavy atom. The number of aromatic nitrogens is 3. The second-order valence-corrected chi connectivity index (χ2v) is 7.44. The van der Waals surface area contributed by atoms with Crippen LogP contribution in [0.4, 0.5) is 0 Å². The Hall–Kier alpha value is -4.32. The first kappa shape index (κ1) is 19.6. The monoisotopic (exact) mass is 420 g/mol. The van der Waals surface area contributed by atoms with Gasteiger partial charge in [-0.15, -0.1) is 0 Å². The van der Waals surface area contributed by atoms with E-state index in [0.29, 0.717) is 28.1 Å². The second-order valence-electron chi connectivity index (χ2n) is 7.44. The van der Waals surface area contributed by atoms with Crippen LogP contribution in [0.1, 0.15) is 33.4 Å². The molecule has 156 valence electrons. The third kappa shape index (κ3) is 3.74. The van der Waals surface area contributed by atoms with Crippen molar-refractivity contribution in [2.45, 2.75) is 13.0 Å². The molecule has 0 bridgehead atoms. The Balaban J connectivity index is 1.60. The van der Waals surface area contributed by atoms with E-state index in [1.165, 1.54) is 0 Å². The molecule has 1 N–H and O–H groups in total. The van der Waals surface area contributed by atoms with Gasteiger partial charge >= 0.3 is 0 Å². The molecule has 6 heteroatoms. The highest BCUT2D eigenvalue weighted by Gasteiger charge is 2.23. The van der Waals surface area contributed by atoms with Gasteiger partial charge in [0.25, 0.3) is 11.6 Å². The molecule has 0 spiro atoms. The number of nitrogens with one attached hydrogen (secondary N) is 1. The van der Waals surface area contributed by atoms with Crippen LogP contribution in [0.15, 0.2) is 95.6 Å². The van der Waals surface area contributed by atoms with Gasteiger partial charge in [0.05, 0.1) is 34.1 Å². The van der Waals surface area contributed by atoms with E-state index in [2.05, 4.69) is 20.4 Å². The molecule has 5 rings (SSSR count). The molecule has 0 aliphatic heterocycles. The van der Waals surface area contributed by atoms with E-state index < -0.39 is 6.04 Å². The van der Waals surface area contributed by atoms with Crippen molar-refractivity contribution in [3.63, 3.8) is 0 Å². The molecule has 32 heavy (non-hydrogen) atoms. The summed E-state index contributed by atoms with van der Waals surface area (Å²) < 4.78 is 5.42. The molecule has 1 unspecified atom stereocenters. The maximum Gasteiger partial charge on any atom is 0.259 e. The van der Waals surface area contributed by atoms with Crippen LogP contribution in [0.5, 0.6) is 0 Å². The average molecular weight is 420 g/mol. The van der Waals surface area contributed by atoms with Gasteiger partial charge in [-0.05, 0) is 30.7 Å². The fourth-order valence-corrected chi connectivity index (χ4v) is 3.76. The predicted octanol–water partition coefficient (Wildman–Crippen LogP) is 5.11. The van der Waals surface area contributed by atoms with E-state index in [1.807, 2.05) is 78.9 Å². The van der Waals surface area contributed by atoms with Gasteiger partial charge in [0, 0.05) is 11.8 Å². The molecule has 0 radical (unpaired) electrons. The van der Waals surface area contributed by atoms with E-state index in [-0.39, 0.29) is 5.91 Å². The predicted molar refractivity (Wildman–Crippen MR) is 122 cm³/mol. The number of nitrogens with zero attached hydrogens (tertiary/aromatic N) is 3. The van der Waals surface area contributed by atoms with Crippen LogP contribution in [-0.2, 0) is 0 Å². The summed E-state index contributed by atoms with van der Waals surface area (Å²) in [6.45, 7) is 1.81. The van der Waals surface area contributed by atoms with E-state index >= 15 is 0 Å². The molecule has 3 aromatic heterocycles. The lowest BCUT2D eigenvalue weighted by Gasteiger charge is -2.19. The van der Waals surface area contributed by atoms with Gasteiger partial charge in [0.1, 0.15) is 0 Å². The number of hydrogen-bond donors (Lipinski definition) is 1. The van der Waals surface area contributed by atoms with Gasteiger partial charge in [0.15, 0.2) is 0 Å². The summed E-state index contributed by atoms with van der Waals surface area (Å²) in [7, 11) is 0. The summed E-state index contributed by atoms with van der Waals surface area (Å²) >= 11 is 0. The highest BCUT2D eigenvalue weighted by atomic mass is 16.5. The smallest absolute Gasteiger partial charge is 0.259 e. The number of amides is 1. The molecule has 6 nitrogen and oxygen atoms in total. The molecule has 3 heterocycles. The summed E-state index contributed by atoms with van der Waals surface area (Å²) in [5.41, 5.74) is 4.65. The lowest BCUT2D eigenvalue weighted by Crippen LogP contribution is -2.30.